The SMILES string of the molecule is Cc1cccc(CC(N)C(C(F)(F)F)C(F)(F)F)c1. The van der Waals surface area contributed by atoms with Crippen LogP contribution in [0.4, 0.5) is 26.3 Å². The fourth-order valence-electron chi connectivity index (χ4n) is 1.90. The van der Waals surface area contributed by atoms with Crippen molar-refractivity contribution in [2.45, 2.75) is 31.7 Å². The van der Waals surface area contributed by atoms with Crippen molar-refractivity contribution >= 4 is 0 Å². The molecule has 2 N–H and O–H groups in total. The summed E-state index contributed by atoms with van der Waals surface area (Å²) in [7, 11) is 0. The molecule has 108 valence electrons. The van der Waals surface area contributed by atoms with Gasteiger partial charge in [-0.05, 0) is 18.9 Å². The van der Waals surface area contributed by atoms with Gasteiger partial charge in [0.05, 0.1) is 0 Å². The molecule has 1 aromatic rings. The van der Waals surface area contributed by atoms with Crippen LogP contribution in [-0.4, -0.2) is 18.4 Å². The number of nitrogens with two attached hydrogens (primary N) is 1. The van der Waals surface area contributed by atoms with E-state index >= 15 is 0 Å². The van der Waals surface area contributed by atoms with Crippen LogP contribution in [0.5, 0.6) is 0 Å². The molecule has 0 amide bonds. The maximum absolute atomic E-state index is 12.4. The summed E-state index contributed by atoms with van der Waals surface area (Å²) >= 11 is 0. The van der Waals surface area contributed by atoms with Gasteiger partial charge in [-0.15, -0.1) is 0 Å². The average Bonchev–Trinajstić information content (AvgIpc) is 2.11. The summed E-state index contributed by atoms with van der Waals surface area (Å²) < 4.78 is 74.7. The van der Waals surface area contributed by atoms with Crippen LogP contribution in [0.25, 0.3) is 0 Å². The van der Waals surface area contributed by atoms with E-state index in [2.05, 4.69) is 0 Å². The van der Waals surface area contributed by atoms with E-state index in [1.807, 2.05) is 0 Å². The van der Waals surface area contributed by atoms with Crippen LogP contribution >= 0.6 is 0 Å². The number of halogens is 6. The quantitative estimate of drug-likeness (QED) is 0.844. The molecule has 0 spiro atoms. The molecule has 0 fully saturated rings. The van der Waals surface area contributed by atoms with Gasteiger partial charge >= 0.3 is 12.4 Å². The van der Waals surface area contributed by atoms with Crippen LogP contribution in [0.2, 0.25) is 0 Å². The van der Waals surface area contributed by atoms with Gasteiger partial charge in [-0.25, -0.2) is 0 Å². The van der Waals surface area contributed by atoms with E-state index in [1.165, 1.54) is 12.1 Å². The number of alkyl halides is 6. The lowest BCUT2D eigenvalue weighted by Gasteiger charge is -2.28. The highest BCUT2D eigenvalue weighted by Crippen LogP contribution is 2.41. The second-order valence-electron chi connectivity index (χ2n) is 4.42. The molecule has 0 aromatic heterocycles. The summed E-state index contributed by atoms with van der Waals surface area (Å²) in [6.45, 7) is 1.69. The smallest absolute Gasteiger partial charge is 0.327 e. The molecular formula is C12H13F6N. The van der Waals surface area contributed by atoms with Crippen molar-refractivity contribution in [2.75, 3.05) is 0 Å². The number of hydrogen-bond donors (Lipinski definition) is 1. The zero-order valence-electron chi connectivity index (χ0n) is 10.0. The largest absolute Gasteiger partial charge is 0.402 e. The molecule has 0 saturated carbocycles. The Balaban J connectivity index is 2.93. The third kappa shape index (κ3) is 4.41. The third-order valence-electron chi connectivity index (χ3n) is 2.69. The fourth-order valence-corrected chi connectivity index (χ4v) is 1.90. The topological polar surface area (TPSA) is 26.0 Å². The standard InChI is InChI=1S/C12H13F6N/c1-7-3-2-4-8(5-7)6-9(19)10(11(13,14)15)12(16,17)18/h2-5,9-10H,6,19H2,1H3. The Morgan fingerprint density at radius 3 is 2.00 bits per heavy atom. The van der Waals surface area contributed by atoms with Gasteiger partial charge in [0.2, 0.25) is 0 Å². The zero-order chi connectivity index (χ0) is 14.8. The second-order valence-corrected chi connectivity index (χ2v) is 4.42. The van der Waals surface area contributed by atoms with E-state index in [4.69, 9.17) is 5.73 Å². The van der Waals surface area contributed by atoms with Crippen LogP contribution in [0.1, 0.15) is 11.1 Å². The molecule has 0 aliphatic rings. The van der Waals surface area contributed by atoms with Crippen molar-refractivity contribution in [3.8, 4) is 0 Å². The highest BCUT2D eigenvalue weighted by molar-refractivity contribution is 5.23. The molecule has 7 heteroatoms. The predicted octanol–water partition coefficient (Wildman–Crippen LogP) is 3.61. The van der Waals surface area contributed by atoms with Crippen molar-refractivity contribution in [1.29, 1.82) is 0 Å². The number of hydrogen-bond acceptors (Lipinski definition) is 1. The highest BCUT2D eigenvalue weighted by Gasteiger charge is 2.59. The Labute approximate surface area is 106 Å². The van der Waals surface area contributed by atoms with Gasteiger partial charge in [0.15, 0.2) is 5.92 Å². The highest BCUT2D eigenvalue weighted by atomic mass is 19.4. The molecular weight excluding hydrogens is 272 g/mol. The van der Waals surface area contributed by atoms with Gasteiger partial charge in [-0.3, -0.25) is 0 Å². The Hall–Kier alpha value is -1.24. The number of rotatable bonds is 3. The van der Waals surface area contributed by atoms with Crippen molar-refractivity contribution in [3.63, 3.8) is 0 Å². The van der Waals surface area contributed by atoms with E-state index in [0.717, 1.165) is 5.56 Å². The first kappa shape index (κ1) is 15.8. The minimum atomic E-state index is -5.40. The van der Waals surface area contributed by atoms with Gasteiger partial charge in [0.1, 0.15) is 0 Å². The zero-order valence-corrected chi connectivity index (χ0v) is 10.0. The molecule has 0 aliphatic heterocycles. The maximum atomic E-state index is 12.4. The molecule has 0 heterocycles. The Morgan fingerprint density at radius 1 is 1.05 bits per heavy atom. The van der Waals surface area contributed by atoms with Crippen LogP contribution in [0.3, 0.4) is 0 Å². The molecule has 1 unspecified atom stereocenters. The summed E-state index contributed by atoms with van der Waals surface area (Å²) in [5.74, 6) is -3.51. The molecule has 1 aromatic carbocycles. The van der Waals surface area contributed by atoms with E-state index in [0.29, 0.717) is 5.56 Å². The average molecular weight is 285 g/mol. The normalized spacial score (nSPS) is 14.8. The van der Waals surface area contributed by atoms with Crippen LogP contribution in [0, 0.1) is 12.8 Å². The van der Waals surface area contributed by atoms with E-state index in [1.54, 1.807) is 19.1 Å². The molecule has 1 atom stereocenters. The fraction of sp³-hybridized carbons (Fsp3) is 0.500. The van der Waals surface area contributed by atoms with E-state index in [-0.39, 0.29) is 0 Å². The maximum Gasteiger partial charge on any atom is 0.402 e. The lowest BCUT2D eigenvalue weighted by Crippen LogP contribution is -2.49. The molecule has 19 heavy (non-hydrogen) atoms. The van der Waals surface area contributed by atoms with Crippen LogP contribution < -0.4 is 5.73 Å². The molecule has 0 bridgehead atoms. The first-order valence-corrected chi connectivity index (χ1v) is 5.46. The van der Waals surface area contributed by atoms with Crippen molar-refractivity contribution in [1.82, 2.24) is 0 Å². The second kappa shape index (κ2) is 5.40. The lowest BCUT2D eigenvalue weighted by molar-refractivity contribution is -0.289. The first-order valence-electron chi connectivity index (χ1n) is 5.46. The molecule has 0 saturated heterocycles. The van der Waals surface area contributed by atoms with Gasteiger partial charge < -0.3 is 5.73 Å². The van der Waals surface area contributed by atoms with Gasteiger partial charge in [0.25, 0.3) is 0 Å². The van der Waals surface area contributed by atoms with Gasteiger partial charge in [-0.2, -0.15) is 26.3 Å². The van der Waals surface area contributed by atoms with E-state index < -0.39 is 30.7 Å². The first-order chi connectivity index (χ1) is 8.51. The third-order valence-corrected chi connectivity index (χ3v) is 2.69. The minimum Gasteiger partial charge on any atom is -0.327 e. The Bertz CT molecular complexity index is 409. The Morgan fingerprint density at radius 2 is 1.58 bits per heavy atom. The summed E-state index contributed by atoms with van der Waals surface area (Å²) in [5, 5.41) is 0. The summed E-state index contributed by atoms with van der Waals surface area (Å²) in [6, 6.07) is 4.18. The Kier molecular flexibility index (Phi) is 4.50. The summed E-state index contributed by atoms with van der Waals surface area (Å²) in [6.07, 6.45) is -11.3. The van der Waals surface area contributed by atoms with Gasteiger partial charge in [-0.1, -0.05) is 29.8 Å². The molecule has 0 radical (unpaired) electrons. The molecule has 1 rings (SSSR count). The summed E-state index contributed by atoms with van der Waals surface area (Å²) in [4.78, 5) is 0. The molecule has 1 nitrogen and oxygen atoms in total. The monoisotopic (exact) mass is 285 g/mol. The minimum absolute atomic E-state index is 0.353. The van der Waals surface area contributed by atoms with Gasteiger partial charge in [0, 0.05) is 6.04 Å². The van der Waals surface area contributed by atoms with Crippen molar-refractivity contribution in [3.05, 3.63) is 35.4 Å². The number of aryl methyl sites for hydroxylation is 1. The van der Waals surface area contributed by atoms with Crippen LogP contribution in [0.15, 0.2) is 24.3 Å². The predicted molar refractivity (Wildman–Crippen MR) is 58.5 cm³/mol. The van der Waals surface area contributed by atoms with Crippen molar-refractivity contribution in [2.24, 2.45) is 11.7 Å². The summed E-state index contributed by atoms with van der Waals surface area (Å²) in [5.41, 5.74) is 6.24. The number of benzene rings is 1. The van der Waals surface area contributed by atoms with E-state index in [9.17, 15) is 26.3 Å². The lowest BCUT2D eigenvalue weighted by atomic mass is 9.92. The van der Waals surface area contributed by atoms with Crippen LogP contribution in [-0.2, 0) is 6.42 Å². The van der Waals surface area contributed by atoms with Crippen molar-refractivity contribution < 1.29 is 26.3 Å². The molecule has 0 aliphatic carbocycles.